The monoisotopic (exact) mass is 500 g/mol. The van der Waals surface area contributed by atoms with Crippen molar-refractivity contribution in [2.24, 2.45) is 0 Å². The summed E-state index contributed by atoms with van der Waals surface area (Å²) < 4.78 is 1.79. The Balaban J connectivity index is 1.12. The van der Waals surface area contributed by atoms with E-state index >= 15 is 0 Å². The summed E-state index contributed by atoms with van der Waals surface area (Å²) in [5.74, 6) is 1.40. The van der Waals surface area contributed by atoms with Crippen LogP contribution in [0.5, 0.6) is 0 Å². The molecule has 9 nitrogen and oxygen atoms in total. The van der Waals surface area contributed by atoms with Gasteiger partial charge in [-0.3, -0.25) is 4.79 Å². The molecule has 0 amide bonds. The number of nitrogens with one attached hydrogen (secondary N) is 5. The second kappa shape index (κ2) is 13.0. The quantitative estimate of drug-likeness (QED) is 0.229. The van der Waals surface area contributed by atoms with Gasteiger partial charge in [-0.2, -0.15) is 0 Å². The van der Waals surface area contributed by atoms with Crippen molar-refractivity contribution >= 4 is 28.5 Å². The Bertz CT molecular complexity index is 1140. The van der Waals surface area contributed by atoms with Gasteiger partial charge in [0.15, 0.2) is 5.82 Å². The number of aromatic amines is 1. The van der Waals surface area contributed by atoms with Crippen molar-refractivity contribution in [2.75, 3.05) is 44.6 Å². The van der Waals surface area contributed by atoms with E-state index in [1.165, 1.54) is 19.3 Å². The SMILES string of the molecule is Cc1cnc(NCCC2CCCCN2)c(=O)n1CCNCCNCCc1nc2ccc(Cl)cc2[nH]1. The Labute approximate surface area is 211 Å². The van der Waals surface area contributed by atoms with Gasteiger partial charge in [-0.15, -0.1) is 0 Å². The van der Waals surface area contributed by atoms with E-state index in [0.717, 1.165) is 74.7 Å². The van der Waals surface area contributed by atoms with Crippen molar-refractivity contribution in [2.45, 2.75) is 51.6 Å². The van der Waals surface area contributed by atoms with Gasteiger partial charge >= 0.3 is 0 Å². The molecule has 1 unspecified atom stereocenters. The number of hydrogen-bond acceptors (Lipinski definition) is 7. The summed E-state index contributed by atoms with van der Waals surface area (Å²) in [5.41, 5.74) is 2.73. The van der Waals surface area contributed by atoms with Crippen LogP contribution in [-0.2, 0) is 13.0 Å². The summed E-state index contributed by atoms with van der Waals surface area (Å²) in [6.07, 6.45) is 7.36. The molecule has 0 spiro atoms. The van der Waals surface area contributed by atoms with Gasteiger partial charge in [-0.05, 0) is 50.9 Å². The number of anilines is 1. The van der Waals surface area contributed by atoms with Crippen LogP contribution in [0.1, 0.15) is 37.2 Å². The first-order chi connectivity index (χ1) is 17.1. The molecular formula is C25H37ClN8O. The van der Waals surface area contributed by atoms with Gasteiger partial charge in [0.05, 0.1) is 11.0 Å². The summed E-state index contributed by atoms with van der Waals surface area (Å²) in [7, 11) is 0. The Morgan fingerprint density at radius 1 is 1.14 bits per heavy atom. The fourth-order valence-electron chi connectivity index (χ4n) is 4.48. The molecule has 3 aromatic rings. The van der Waals surface area contributed by atoms with Gasteiger partial charge in [0.1, 0.15) is 5.82 Å². The minimum Gasteiger partial charge on any atom is -0.365 e. The predicted octanol–water partition coefficient (Wildman–Crippen LogP) is 2.45. The van der Waals surface area contributed by atoms with E-state index in [1.807, 2.05) is 25.1 Å². The van der Waals surface area contributed by atoms with E-state index in [9.17, 15) is 4.79 Å². The van der Waals surface area contributed by atoms with Crippen LogP contribution in [0.2, 0.25) is 5.02 Å². The Morgan fingerprint density at radius 3 is 2.83 bits per heavy atom. The first kappa shape index (κ1) is 25.6. The lowest BCUT2D eigenvalue weighted by atomic mass is 10.0. The first-order valence-electron chi connectivity index (χ1n) is 12.7. The van der Waals surface area contributed by atoms with Crippen LogP contribution < -0.4 is 26.8 Å². The number of nitrogens with zero attached hydrogens (tertiary/aromatic N) is 3. The van der Waals surface area contributed by atoms with Gasteiger partial charge in [0.25, 0.3) is 5.56 Å². The normalized spacial score (nSPS) is 16.1. The van der Waals surface area contributed by atoms with Gasteiger partial charge in [-0.1, -0.05) is 18.0 Å². The number of fused-ring (bicyclic) bond motifs is 1. The molecule has 1 fully saturated rings. The molecule has 0 radical (unpaired) electrons. The molecule has 1 atom stereocenters. The lowest BCUT2D eigenvalue weighted by Gasteiger charge is -2.23. The highest BCUT2D eigenvalue weighted by Gasteiger charge is 2.13. The molecule has 10 heteroatoms. The molecule has 1 aromatic carbocycles. The lowest BCUT2D eigenvalue weighted by Crippen LogP contribution is -2.36. The van der Waals surface area contributed by atoms with Crippen molar-refractivity contribution in [3.05, 3.63) is 51.3 Å². The van der Waals surface area contributed by atoms with Gasteiger partial charge < -0.3 is 30.8 Å². The zero-order valence-electron chi connectivity index (χ0n) is 20.5. The molecule has 1 aliphatic rings. The van der Waals surface area contributed by atoms with Gasteiger partial charge in [0, 0.05) is 68.6 Å². The number of rotatable bonds is 13. The Morgan fingerprint density at radius 2 is 2.00 bits per heavy atom. The zero-order chi connectivity index (χ0) is 24.5. The fraction of sp³-hybridized carbons (Fsp3) is 0.560. The number of piperidine rings is 1. The lowest BCUT2D eigenvalue weighted by molar-refractivity contribution is 0.388. The summed E-state index contributed by atoms with van der Waals surface area (Å²) in [6.45, 7) is 7.64. The summed E-state index contributed by atoms with van der Waals surface area (Å²) >= 11 is 6.03. The minimum absolute atomic E-state index is 0.0475. The van der Waals surface area contributed by atoms with Crippen LogP contribution in [0, 0.1) is 6.92 Å². The number of aryl methyl sites for hydroxylation is 1. The van der Waals surface area contributed by atoms with E-state index in [4.69, 9.17) is 11.6 Å². The van der Waals surface area contributed by atoms with Crippen LogP contribution in [0.3, 0.4) is 0 Å². The first-order valence-corrected chi connectivity index (χ1v) is 13.1. The molecule has 1 saturated heterocycles. The molecule has 35 heavy (non-hydrogen) atoms. The van der Waals surface area contributed by atoms with E-state index in [1.54, 1.807) is 10.8 Å². The third kappa shape index (κ3) is 7.51. The van der Waals surface area contributed by atoms with E-state index in [-0.39, 0.29) is 5.56 Å². The number of imidazole rings is 1. The standard InChI is InChI=1S/C25H37ClN8O/c1-18-17-31-24(30-11-7-20-4-2-3-9-29-20)25(35)34(18)15-14-28-13-12-27-10-8-23-32-21-6-5-19(26)16-22(21)33-23/h5-6,16-17,20,27-29H,2-4,7-15H2,1H3,(H,30,31)(H,32,33). The summed E-state index contributed by atoms with van der Waals surface area (Å²) in [4.78, 5) is 25.1. The van der Waals surface area contributed by atoms with Crippen molar-refractivity contribution in [3.63, 3.8) is 0 Å². The molecular weight excluding hydrogens is 464 g/mol. The maximum absolute atomic E-state index is 12.9. The molecule has 3 heterocycles. The highest BCUT2D eigenvalue weighted by Crippen LogP contribution is 2.17. The smallest absolute Gasteiger partial charge is 0.293 e. The fourth-order valence-corrected chi connectivity index (χ4v) is 4.65. The topological polar surface area (TPSA) is 112 Å². The average molecular weight is 501 g/mol. The largest absolute Gasteiger partial charge is 0.365 e. The van der Waals surface area contributed by atoms with Crippen LogP contribution in [0.15, 0.2) is 29.2 Å². The summed E-state index contributed by atoms with van der Waals surface area (Å²) in [6, 6.07) is 6.22. The second-order valence-electron chi connectivity index (χ2n) is 9.16. The van der Waals surface area contributed by atoms with Crippen LogP contribution >= 0.6 is 11.6 Å². The van der Waals surface area contributed by atoms with E-state index in [0.29, 0.717) is 23.4 Å². The maximum Gasteiger partial charge on any atom is 0.293 e. The number of aromatic nitrogens is 4. The maximum atomic E-state index is 12.9. The highest BCUT2D eigenvalue weighted by atomic mass is 35.5. The molecule has 1 aliphatic heterocycles. The third-order valence-electron chi connectivity index (χ3n) is 6.47. The minimum atomic E-state index is -0.0475. The molecule has 0 saturated carbocycles. The van der Waals surface area contributed by atoms with Crippen LogP contribution in [-0.4, -0.2) is 64.8 Å². The van der Waals surface area contributed by atoms with Crippen LogP contribution in [0.25, 0.3) is 11.0 Å². The van der Waals surface area contributed by atoms with Gasteiger partial charge in [-0.25, -0.2) is 9.97 Å². The Kier molecular flexibility index (Phi) is 9.53. The van der Waals surface area contributed by atoms with Crippen molar-refractivity contribution in [1.82, 2.24) is 35.5 Å². The Hall–Kier alpha value is -2.46. The summed E-state index contributed by atoms with van der Waals surface area (Å²) in [5, 5.41) is 14.3. The number of H-pyrrole nitrogens is 1. The van der Waals surface area contributed by atoms with Crippen molar-refractivity contribution in [1.29, 1.82) is 0 Å². The third-order valence-corrected chi connectivity index (χ3v) is 6.71. The number of hydrogen-bond donors (Lipinski definition) is 5. The predicted molar refractivity (Wildman–Crippen MR) is 143 cm³/mol. The van der Waals surface area contributed by atoms with E-state index < -0.39 is 0 Å². The molecule has 5 N–H and O–H groups in total. The number of halogens is 1. The molecule has 2 aromatic heterocycles. The molecule has 0 bridgehead atoms. The molecule has 0 aliphatic carbocycles. The van der Waals surface area contributed by atoms with Crippen LogP contribution in [0.4, 0.5) is 5.82 Å². The zero-order valence-corrected chi connectivity index (χ0v) is 21.3. The second-order valence-corrected chi connectivity index (χ2v) is 9.60. The van der Waals surface area contributed by atoms with Crippen molar-refractivity contribution < 1.29 is 0 Å². The van der Waals surface area contributed by atoms with Gasteiger partial charge in [0.2, 0.25) is 0 Å². The molecule has 4 rings (SSSR count). The highest BCUT2D eigenvalue weighted by molar-refractivity contribution is 6.31. The molecule has 190 valence electrons. The van der Waals surface area contributed by atoms with E-state index in [2.05, 4.69) is 36.2 Å². The van der Waals surface area contributed by atoms with Crippen molar-refractivity contribution in [3.8, 4) is 0 Å². The average Bonchev–Trinajstić information content (AvgIpc) is 3.26. The number of benzene rings is 1.